The van der Waals surface area contributed by atoms with E-state index < -0.39 is 10.0 Å². The van der Waals surface area contributed by atoms with Gasteiger partial charge in [-0.05, 0) is 43.5 Å². The van der Waals surface area contributed by atoms with E-state index in [4.69, 9.17) is 0 Å². The van der Waals surface area contributed by atoms with Crippen LogP contribution in [-0.2, 0) is 10.0 Å². The lowest BCUT2D eigenvalue weighted by Crippen LogP contribution is -2.44. The Morgan fingerprint density at radius 1 is 1.21 bits per heavy atom. The van der Waals surface area contributed by atoms with Crippen molar-refractivity contribution in [2.45, 2.75) is 36.6 Å². The maximum Gasteiger partial charge on any atom is 0.243 e. The molecule has 0 saturated heterocycles. The molecule has 1 aliphatic carbocycles. The van der Waals surface area contributed by atoms with Crippen molar-refractivity contribution in [3.63, 3.8) is 0 Å². The molecule has 6 heteroatoms. The van der Waals surface area contributed by atoms with Crippen LogP contribution >= 0.6 is 31.9 Å². The molecule has 19 heavy (non-hydrogen) atoms. The average molecular weight is 411 g/mol. The van der Waals surface area contributed by atoms with Gasteiger partial charge in [0.1, 0.15) is 0 Å². The molecular weight excluding hydrogens is 394 g/mol. The van der Waals surface area contributed by atoms with Gasteiger partial charge in [0, 0.05) is 22.4 Å². The lowest BCUT2D eigenvalue weighted by Gasteiger charge is -2.36. The minimum Gasteiger partial charge on any atom is -0.207 e. The number of alkyl halides is 1. The number of halogens is 2. The van der Waals surface area contributed by atoms with Gasteiger partial charge in [-0.25, -0.2) is 8.42 Å². The molecule has 1 saturated carbocycles. The van der Waals surface area contributed by atoms with Crippen molar-refractivity contribution in [1.82, 2.24) is 4.31 Å². The van der Waals surface area contributed by atoms with E-state index in [-0.39, 0.29) is 6.04 Å². The van der Waals surface area contributed by atoms with Crippen molar-refractivity contribution in [2.24, 2.45) is 0 Å². The second kappa shape index (κ2) is 6.70. The SMILES string of the molecule is O=S(=O)(c1ccc(Br)cc1)N(CCCBr)C1CCC1. The van der Waals surface area contributed by atoms with E-state index in [1.54, 1.807) is 28.6 Å². The van der Waals surface area contributed by atoms with Crippen LogP contribution in [-0.4, -0.2) is 30.6 Å². The smallest absolute Gasteiger partial charge is 0.207 e. The van der Waals surface area contributed by atoms with Crippen molar-refractivity contribution < 1.29 is 8.42 Å². The fourth-order valence-corrected chi connectivity index (χ4v) is 4.37. The van der Waals surface area contributed by atoms with Gasteiger partial charge in [0.05, 0.1) is 4.90 Å². The Morgan fingerprint density at radius 2 is 1.84 bits per heavy atom. The van der Waals surface area contributed by atoms with Gasteiger partial charge in [-0.2, -0.15) is 4.31 Å². The maximum absolute atomic E-state index is 12.7. The van der Waals surface area contributed by atoms with Crippen LogP contribution in [0.15, 0.2) is 33.6 Å². The third-order valence-electron chi connectivity index (χ3n) is 3.41. The van der Waals surface area contributed by atoms with E-state index in [1.165, 1.54) is 0 Å². The Labute approximate surface area is 131 Å². The summed E-state index contributed by atoms with van der Waals surface area (Å²) in [5.41, 5.74) is 0. The van der Waals surface area contributed by atoms with E-state index in [1.807, 2.05) is 0 Å². The first kappa shape index (κ1) is 15.5. The van der Waals surface area contributed by atoms with E-state index >= 15 is 0 Å². The fourth-order valence-electron chi connectivity index (χ4n) is 2.13. The summed E-state index contributed by atoms with van der Waals surface area (Å²) in [6.07, 6.45) is 3.94. The number of rotatable bonds is 6. The van der Waals surface area contributed by atoms with E-state index in [0.717, 1.165) is 35.5 Å². The molecule has 0 aromatic heterocycles. The van der Waals surface area contributed by atoms with Crippen LogP contribution in [0.3, 0.4) is 0 Å². The van der Waals surface area contributed by atoms with Gasteiger partial charge < -0.3 is 0 Å². The average Bonchev–Trinajstić information content (AvgIpc) is 2.32. The molecule has 0 N–H and O–H groups in total. The lowest BCUT2D eigenvalue weighted by atomic mass is 9.93. The minimum absolute atomic E-state index is 0.188. The van der Waals surface area contributed by atoms with Gasteiger partial charge in [0.25, 0.3) is 0 Å². The second-order valence-electron chi connectivity index (χ2n) is 4.70. The van der Waals surface area contributed by atoms with Crippen LogP contribution in [0.2, 0.25) is 0 Å². The monoisotopic (exact) mass is 409 g/mol. The van der Waals surface area contributed by atoms with Gasteiger partial charge in [0.2, 0.25) is 10.0 Å². The molecular formula is C13H17Br2NO2S. The van der Waals surface area contributed by atoms with Crippen LogP contribution in [0.5, 0.6) is 0 Å². The van der Waals surface area contributed by atoms with Gasteiger partial charge in [-0.15, -0.1) is 0 Å². The normalized spacial score (nSPS) is 16.6. The third kappa shape index (κ3) is 3.60. The van der Waals surface area contributed by atoms with Crippen molar-refractivity contribution in [3.05, 3.63) is 28.7 Å². The standard InChI is InChI=1S/C13H17Br2NO2S/c14-9-2-10-16(12-3-1-4-12)19(17,18)13-7-5-11(15)6-8-13/h5-8,12H,1-4,9-10H2. The highest BCUT2D eigenvalue weighted by atomic mass is 79.9. The molecule has 0 spiro atoms. The Balaban J connectivity index is 2.24. The molecule has 1 fully saturated rings. The summed E-state index contributed by atoms with van der Waals surface area (Å²) < 4.78 is 27.9. The van der Waals surface area contributed by atoms with Crippen LogP contribution in [0, 0.1) is 0 Å². The molecule has 0 bridgehead atoms. The maximum atomic E-state index is 12.7. The zero-order chi connectivity index (χ0) is 13.9. The third-order valence-corrected chi connectivity index (χ3v) is 6.47. The summed E-state index contributed by atoms with van der Waals surface area (Å²) >= 11 is 6.70. The zero-order valence-electron chi connectivity index (χ0n) is 10.6. The highest BCUT2D eigenvalue weighted by Gasteiger charge is 2.34. The fraction of sp³-hybridized carbons (Fsp3) is 0.538. The quantitative estimate of drug-likeness (QED) is 0.669. The van der Waals surface area contributed by atoms with E-state index in [0.29, 0.717) is 11.4 Å². The number of hydrogen-bond donors (Lipinski definition) is 0. The Hall–Kier alpha value is 0.0900. The molecule has 0 aliphatic heterocycles. The van der Waals surface area contributed by atoms with Crippen molar-refractivity contribution in [1.29, 1.82) is 0 Å². The predicted octanol–water partition coefficient (Wildman–Crippen LogP) is 3.78. The second-order valence-corrected chi connectivity index (χ2v) is 8.30. The number of nitrogens with zero attached hydrogens (tertiary/aromatic N) is 1. The largest absolute Gasteiger partial charge is 0.243 e. The Bertz CT molecular complexity index is 512. The zero-order valence-corrected chi connectivity index (χ0v) is 14.5. The molecule has 0 amide bonds. The summed E-state index contributed by atoms with van der Waals surface area (Å²) in [5, 5.41) is 0.825. The highest BCUT2D eigenvalue weighted by molar-refractivity contribution is 9.10. The molecule has 2 rings (SSSR count). The summed E-state index contributed by atoms with van der Waals surface area (Å²) in [6, 6.07) is 7.07. The van der Waals surface area contributed by atoms with Crippen LogP contribution < -0.4 is 0 Å². The van der Waals surface area contributed by atoms with Crippen molar-refractivity contribution in [3.8, 4) is 0 Å². The van der Waals surface area contributed by atoms with Gasteiger partial charge in [0.15, 0.2) is 0 Å². The predicted molar refractivity (Wildman–Crippen MR) is 84.1 cm³/mol. The number of hydrogen-bond acceptors (Lipinski definition) is 2. The Kier molecular flexibility index (Phi) is 5.45. The van der Waals surface area contributed by atoms with Crippen LogP contribution in [0.4, 0.5) is 0 Å². The topological polar surface area (TPSA) is 37.4 Å². The molecule has 3 nitrogen and oxygen atoms in total. The minimum atomic E-state index is -3.36. The molecule has 1 aliphatic rings. The lowest BCUT2D eigenvalue weighted by molar-refractivity contribution is 0.220. The molecule has 0 unspecified atom stereocenters. The first-order chi connectivity index (χ1) is 9.05. The summed E-state index contributed by atoms with van der Waals surface area (Å²) in [4.78, 5) is 0.386. The van der Waals surface area contributed by atoms with Crippen molar-refractivity contribution in [2.75, 3.05) is 11.9 Å². The van der Waals surface area contributed by atoms with Gasteiger partial charge >= 0.3 is 0 Å². The summed E-state index contributed by atoms with van der Waals surface area (Å²) in [5.74, 6) is 0. The number of sulfonamides is 1. The van der Waals surface area contributed by atoms with Crippen LogP contribution in [0.1, 0.15) is 25.7 Å². The molecule has 1 aromatic carbocycles. The first-order valence-electron chi connectivity index (χ1n) is 6.39. The van der Waals surface area contributed by atoms with Gasteiger partial charge in [-0.1, -0.05) is 38.3 Å². The van der Waals surface area contributed by atoms with E-state index in [9.17, 15) is 8.42 Å². The molecule has 106 valence electrons. The van der Waals surface area contributed by atoms with Crippen LogP contribution in [0.25, 0.3) is 0 Å². The van der Waals surface area contributed by atoms with Gasteiger partial charge in [-0.3, -0.25) is 0 Å². The number of benzene rings is 1. The highest BCUT2D eigenvalue weighted by Crippen LogP contribution is 2.30. The van der Waals surface area contributed by atoms with E-state index in [2.05, 4.69) is 31.9 Å². The molecule has 0 atom stereocenters. The summed E-state index contributed by atoms with van der Waals surface area (Å²) in [6.45, 7) is 0.592. The molecule has 1 aromatic rings. The van der Waals surface area contributed by atoms with Crippen molar-refractivity contribution >= 4 is 41.9 Å². The summed E-state index contributed by atoms with van der Waals surface area (Å²) in [7, 11) is -3.36. The molecule has 0 heterocycles. The molecule has 0 radical (unpaired) electrons. The Morgan fingerprint density at radius 3 is 2.32 bits per heavy atom. The first-order valence-corrected chi connectivity index (χ1v) is 9.74.